The summed E-state index contributed by atoms with van der Waals surface area (Å²) in [5.41, 5.74) is 2.25. The van der Waals surface area contributed by atoms with Crippen LogP contribution in [0.2, 0.25) is 0 Å². The molecule has 19 heavy (non-hydrogen) atoms. The van der Waals surface area contributed by atoms with Gasteiger partial charge in [0.1, 0.15) is 11.5 Å². The Hall–Kier alpha value is -0.750. The van der Waals surface area contributed by atoms with Crippen LogP contribution in [0.1, 0.15) is 16.0 Å². The quantitative estimate of drug-likeness (QED) is 0.510. The van der Waals surface area contributed by atoms with Gasteiger partial charge >= 0.3 is 0 Å². The molecule has 0 amide bonds. The van der Waals surface area contributed by atoms with Gasteiger partial charge in [-0.1, -0.05) is 28.1 Å². The summed E-state index contributed by atoms with van der Waals surface area (Å²) in [6.07, 6.45) is 0. The highest BCUT2D eigenvalue weighted by atomic mass is 127. The van der Waals surface area contributed by atoms with Gasteiger partial charge in [-0.05, 0) is 58.5 Å². The maximum Gasteiger partial charge on any atom is 0.123 e. The van der Waals surface area contributed by atoms with E-state index in [1.54, 1.807) is 14.2 Å². The van der Waals surface area contributed by atoms with Gasteiger partial charge in [0.25, 0.3) is 0 Å². The van der Waals surface area contributed by atoms with Crippen LogP contribution in [-0.2, 0) is 0 Å². The number of alkyl halides is 1. The molecule has 0 bridgehead atoms. The molecule has 100 valence electrons. The van der Waals surface area contributed by atoms with Gasteiger partial charge in [-0.2, -0.15) is 0 Å². The lowest BCUT2D eigenvalue weighted by Gasteiger charge is -2.16. The van der Waals surface area contributed by atoms with Crippen LogP contribution in [0, 0.1) is 3.57 Å². The zero-order valence-electron chi connectivity index (χ0n) is 10.7. The molecule has 0 saturated heterocycles. The highest BCUT2D eigenvalue weighted by molar-refractivity contribution is 14.1. The predicted octanol–water partition coefficient (Wildman–Crippen LogP) is 4.79. The van der Waals surface area contributed by atoms with Gasteiger partial charge in [-0.15, -0.1) is 0 Å². The number of hydrogen-bond acceptors (Lipinski definition) is 2. The van der Waals surface area contributed by atoms with Crippen LogP contribution in [-0.4, -0.2) is 14.2 Å². The van der Waals surface area contributed by atoms with Crippen molar-refractivity contribution < 1.29 is 9.47 Å². The number of ether oxygens (including phenoxy) is 2. The lowest BCUT2D eigenvalue weighted by molar-refractivity contribution is 0.399. The monoisotopic (exact) mass is 432 g/mol. The topological polar surface area (TPSA) is 18.5 Å². The van der Waals surface area contributed by atoms with E-state index >= 15 is 0 Å². The third-order valence-corrected chi connectivity index (χ3v) is 4.61. The molecule has 1 unspecified atom stereocenters. The fraction of sp³-hybridized carbons (Fsp3) is 0.200. The zero-order valence-corrected chi connectivity index (χ0v) is 14.4. The van der Waals surface area contributed by atoms with E-state index in [0.29, 0.717) is 0 Å². The standard InChI is InChI=1S/C15H14BrIO2/c1-18-12-7-8-14(19-2)13(9-12)15(16)10-3-5-11(17)6-4-10/h3-9,15H,1-2H3. The molecular weight excluding hydrogens is 419 g/mol. The Morgan fingerprint density at radius 3 is 2.26 bits per heavy atom. The van der Waals surface area contributed by atoms with E-state index in [-0.39, 0.29) is 4.83 Å². The first-order chi connectivity index (χ1) is 9.15. The molecule has 0 saturated carbocycles. The van der Waals surface area contributed by atoms with Crippen molar-refractivity contribution in [1.29, 1.82) is 0 Å². The van der Waals surface area contributed by atoms with E-state index in [1.807, 2.05) is 18.2 Å². The summed E-state index contributed by atoms with van der Waals surface area (Å²) in [4.78, 5) is 0.0783. The highest BCUT2D eigenvalue weighted by Gasteiger charge is 2.16. The van der Waals surface area contributed by atoms with E-state index in [1.165, 1.54) is 9.13 Å². The molecule has 0 fully saturated rings. The minimum absolute atomic E-state index is 0.0783. The first-order valence-electron chi connectivity index (χ1n) is 5.77. The highest BCUT2D eigenvalue weighted by Crippen LogP contribution is 2.38. The molecule has 4 heteroatoms. The van der Waals surface area contributed by atoms with E-state index in [0.717, 1.165) is 17.1 Å². The summed E-state index contributed by atoms with van der Waals surface area (Å²) in [5.74, 6) is 1.67. The molecule has 0 aliphatic carbocycles. The average Bonchev–Trinajstić information content (AvgIpc) is 2.46. The van der Waals surface area contributed by atoms with Crippen molar-refractivity contribution in [2.24, 2.45) is 0 Å². The Bertz CT molecular complexity index is 555. The molecule has 0 aliphatic rings. The molecular formula is C15H14BrIO2. The van der Waals surface area contributed by atoms with Crippen LogP contribution in [0.25, 0.3) is 0 Å². The molecule has 0 radical (unpaired) electrons. The van der Waals surface area contributed by atoms with Gasteiger partial charge in [-0.3, -0.25) is 0 Å². The van der Waals surface area contributed by atoms with Crippen molar-refractivity contribution in [3.8, 4) is 11.5 Å². The van der Waals surface area contributed by atoms with Gasteiger partial charge in [0.15, 0.2) is 0 Å². The molecule has 2 aromatic rings. The maximum absolute atomic E-state index is 5.42. The van der Waals surface area contributed by atoms with Crippen LogP contribution < -0.4 is 9.47 Å². The molecule has 1 atom stereocenters. The summed E-state index contributed by atoms with van der Waals surface area (Å²) in [7, 11) is 3.35. The average molecular weight is 433 g/mol. The molecule has 0 heterocycles. The van der Waals surface area contributed by atoms with Gasteiger partial charge in [0.2, 0.25) is 0 Å². The van der Waals surface area contributed by atoms with Crippen LogP contribution in [0.3, 0.4) is 0 Å². The summed E-state index contributed by atoms with van der Waals surface area (Å²) in [6, 6.07) is 14.2. The van der Waals surface area contributed by atoms with E-state index < -0.39 is 0 Å². The van der Waals surface area contributed by atoms with Crippen LogP contribution >= 0.6 is 38.5 Å². The minimum Gasteiger partial charge on any atom is -0.497 e. The molecule has 0 aromatic heterocycles. The first-order valence-corrected chi connectivity index (χ1v) is 7.76. The Morgan fingerprint density at radius 2 is 1.68 bits per heavy atom. The predicted molar refractivity (Wildman–Crippen MR) is 89.5 cm³/mol. The fourth-order valence-electron chi connectivity index (χ4n) is 1.85. The smallest absolute Gasteiger partial charge is 0.123 e. The number of benzene rings is 2. The fourth-order valence-corrected chi connectivity index (χ4v) is 2.87. The zero-order chi connectivity index (χ0) is 13.8. The first kappa shape index (κ1) is 14.7. The van der Waals surface area contributed by atoms with Crippen molar-refractivity contribution in [1.82, 2.24) is 0 Å². The number of hydrogen-bond donors (Lipinski definition) is 0. The van der Waals surface area contributed by atoms with E-state index in [2.05, 4.69) is 62.8 Å². The Labute approximate surface area is 135 Å². The summed E-state index contributed by atoms with van der Waals surface area (Å²) >= 11 is 6.04. The summed E-state index contributed by atoms with van der Waals surface area (Å²) < 4.78 is 11.9. The van der Waals surface area contributed by atoms with Crippen LogP contribution in [0.15, 0.2) is 42.5 Å². The second kappa shape index (κ2) is 6.61. The Kier molecular flexibility index (Phi) is 5.10. The number of methoxy groups -OCH3 is 2. The molecule has 2 nitrogen and oxygen atoms in total. The number of rotatable bonds is 4. The summed E-state index contributed by atoms with van der Waals surface area (Å²) in [6.45, 7) is 0. The van der Waals surface area contributed by atoms with Gasteiger partial charge in [0.05, 0.1) is 19.0 Å². The lowest BCUT2D eigenvalue weighted by Crippen LogP contribution is -1.98. The SMILES string of the molecule is COc1ccc(OC)c(C(Br)c2ccc(I)cc2)c1. The van der Waals surface area contributed by atoms with E-state index in [9.17, 15) is 0 Å². The molecule has 0 aliphatic heterocycles. The third kappa shape index (κ3) is 3.42. The molecule has 2 rings (SSSR count). The van der Waals surface area contributed by atoms with E-state index in [4.69, 9.17) is 9.47 Å². The second-order valence-electron chi connectivity index (χ2n) is 4.02. The van der Waals surface area contributed by atoms with Crippen molar-refractivity contribution in [2.75, 3.05) is 14.2 Å². The lowest BCUT2D eigenvalue weighted by atomic mass is 10.0. The van der Waals surface area contributed by atoms with Crippen molar-refractivity contribution in [3.63, 3.8) is 0 Å². The third-order valence-electron chi connectivity index (χ3n) is 2.87. The van der Waals surface area contributed by atoms with Crippen molar-refractivity contribution in [3.05, 3.63) is 57.2 Å². The molecule has 0 spiro atoms. The molecule has 0 N–H and O–H groups in total. The van der Waals surface area contributed by atoms with Gasteiger partial charge < -0.3 is 9.47 Å². The second-order valence-corrected chi connectivity index (χ2v) is 6.18. The summed E-state index contributed by atoms with van der Waals surface area (Å²) in [5, 5.41) is 0. The van der Waals surface area contributed by atoms with Crippen LogP contribution in [0.4, 0.5) is 0 Å². The van der Waals surface area contributed by atoms with Crippen LogP contribution in [0.5, 0.6) is 11.5 Å². The Morgan fingerprint density at radius 1 is 1.00 bits per heavy atom. The van der Waals surface area contributed by atoms with Crippen molar-refractivity contribution in [2.45, 2.75) is 4.83 Å². The van der Waals surface area contributed by atoms with Gasteiger partial charge in [-0.25, -0.2) is 0 Å². The normalized spacial score (nSPS) is 12.0. The molecule has 2 aromatic carbocycles. The number of halogens is 2. The minimum atomic E-state index is 0.0783. The van der Waals surface area contributed by atoms with Crippen molar-refractivity contribution >= 4 is 38.5 Å². The Balaban J connectivity index is 2.41. The van der Waals surface area contributed by atoms with Gasteiger partial charge in [0, 0.05) is 9.13 Å². The largest absolute Gasteiger partial charge is 0.497 e. The maximum atomic E-state index is 5.42.